The summed E-state index contributed by atoms with van der Waals surface area (Å²) in [7, 11) is 0. The van der Waals surface area contributed by atoms with Gasteiger partial charge >= 0.3 is 0 Å². The molecule has 1 aliphatic heterocycles. The van der Waals surface area contributed by atoms with E-state index in [0.29, 0.717) is 30.0 Å². The lowest BCUT2D eigenvalue weighted by atomic mass is 9.94. The molecule has 2 aromatic rings. The second-order valence-corrected chi connectivity index (χ2v) is 6.41. The van der Waals surface area contributed by atoms with Crippen LogP contribution in [0.15, 0.2) is 41.0 Å². The third-order valence-electron chi connectivity index (χ3n) is 4.61. The van der Waals surface area contributed by atoms with Crippen molar-refractivity contribution < 1.29 is 24.2 Å². The SMILES string of the molecule is Cc1ccc(OCc2occc2C(=O)N2CC[C@H](CO)[C@@H](O)C2)cc1. The number of aliphatic hydroxyl groups is 2. The molecule has 0 unspecified atom stereocenters. The Morgan fingerprint density at radius 1 is 1.32 bits per heavy atom. The van der Waals surface area contributed by atoms with E-state index < -0.39 is 6.10 Å². The molecule has 0 saturated carbocycles. The van der Waals surface area contributed by atoms with E-state index in [1.807, 2.05) is 31.2 Å². The molecule has 1 aliphatic rings. The van der Waals surface area contributed by atoms with Gasteiger partial charge in [-0.1, -0.05) is 17.7 Å². The molecule has 1 amide bonds. The number of carbonyl (C=O) groups excluding carboxylic acids is 1. The predicted octanol–water partition coefficient (Wildman–Crippen LogP) is 1.98. The van der Waals surface area contributed by atoms with Crippen molar-refractivity contribution in [2.45, 2.75) is 26.1 Å². The number of carbonyl (C=O) groups is 1. The fraction of sp³-hybridized carbons (Fsp3) is 0.421. The summed E-state index contributed by atoms with van der Waals surface area (Å²) in [5.41, 5.74) is 1.59. The third-order valence-corrected chi connectivity index (χ3v) is 4.61. The van der Waals surface area contributed by atoms with Gasteiger partial charge in [-0.3, -0.25) is 4.79 Å². The number of hydrogen-bond acceptors (Lipinski definition) is 5. The van der Waals surface area contributed by atoms with E-state index in [0.717, 1.165) is 5.56 Å². The van der Waals surface area contributed by atoms with E-state index in [1.165, 1.54) is 6.26 Å². The molecule has 1 aromatic heterocycles. The second kappa shape index (κ2) is 7.72. The molecular weight excluding hydrogens is 322 g/mol. The van der Waals surface area contributed by atoms with Crippen molar-refractivity contribution in [3.63, 3.8) is 0 Å². The van der Waals surface area contributed by atoms with Crippen molar-refractivity contribution in [1.29, 1.82) is 0 Å². The minimum Gasteiger partial charge on any atom is -0.486 e. The fourth-order valence-electron chi connectivity index (χ4n) is 2.97. The monoisotopic (exact) mass is 345 g/mol. The van der Waals surface area contributed by atoms with Gasteiger partial charge in [0.25, 0.3) is 5.91 Å². The zero-order valence-electron chi connectivity index (χ0n) is 14.2. The molecule has 2 heterocycles. The number of piperidine rings is 1. The molecule has 0 radical (unpaired) electrons. The highest BCUT2D eigenvalue weighted by Gasteiger charge is 2.31. The summed E-state index contributed by atoms with van der Waals surface area (Å²) < 4.78 is 11.1. The summed E-state index contributed by atoms with van der Waals surface area (Å²) in [6.45, 7) is 2.82. The Morgan fingerprint density at radius 2 is 2.08 bits per heavy atom. The molecule has 6 heteroatoms. The average molecular weight is 345 g/mol. The van der Waals surface area contributed by atoms with E-state index in [4.69, 9.17) is 9.15 Å². The predicted molar refractivity (Wildman–Crippen MR) is 91.3 cm³/mol. The molecule has 6 nitrogen and oxygen atoms in total. The van der Waals surface area contributed by atoms with E-state index in [2.05, 4.69) is 0 Å². The maximum absolute atomic E-state index is 12.7. The summed E-state index contributed by atoms with van der Waals surface area (Å²) in [6, 6.07) is 9.28. The van der Waals surface area contributed by atoms with Crippen LogP contribution in [0, 0.1) is 12.8 Å². The molecule has 0 aliphatic carbocycles. The normalized spacial score (nSPS) is 20.5. The summed E-state index contributed by atoms with van der Waals surface area (Å²) in [6.07, 6.45) is 1.34. The quantitative estimate of drug-likeness (QED) is 0.866. The van der Waals surface area contributed by atoms with Gasteiger partial charge in [0.15, 0.2) is 5.76 Å². The lowest BCUT2D eigenvalue weighted by Crippen LogP contribution is -2.47. The third kappa shape index (κ3) is 4.03. The van der Waals surface area contributed by atoms with Crippen LogP contribution in [-0.4, -0.2) is 46.8 Å². The number of aryl methyl sites for hydroxylation is 1. The smallest absolute Gasteiger partial charge is 0.257 e. The first-order valence-electron chi connectivity index (χ1n) is 8.42. The number of nitrogens with zero attached hydrogens (tertiary/aromatic N) is 1. The number of likely N-dealkylation sites (tertiary alicyclic amines) is 1. The van der Waals surface area contributed by atoms with Gasteiger partial charge in [0.2, 0.25) is 0 Å². The van der Waals surface area contributed by atoms with Crippen LogP contribution in [0.4, 0.5) is 0 Å². The van der Waals surface area contributed by atoms with Gasteiger partial charge in [-0.25, -0.2) is 0 Å². The Balaban J connectivity index is 1.64. The molecule has 3 rings (SSSR count). The molecule has 25 heavy (non-hydrogen) atoms. The number of β-amino-alcohol motifs (C(OH)–C–C–N with tert-alkyl or cyclic N) is 1. The van der Waals surface area contributed by atoms with Gasteiger partial charge in [-0.05, 0) is 31.5 Å². The zero-order valence-corrected chi connectivity index (χ0v) is 14.2. The van der Waals surface area contributed by atoms with Crippen molar-refractivity contribution in [2.75, 3.05) is 19.7 Å². The molecule has 0 spiro atoms. The molecular formula is C19H23NO5. The van der Waals surface area contributed by atoms with E-state index in [1.54, 1.807) is 11.0 Å². The van der Waals surface area contributed by atoms with Crippen LogP contribution in [0.3, 0.4) is 0 Å². The zero-order chi connectivity index (χ0) is 17.8. The maximum Gasteiger partial charge on any atom is 0.257 e. The van der Waals surface area contributed by atoms with Crippen LogP contribution >= 0.6 is 0 Å². The number of aliphatic hydroxyl groups excluding tert-OH is 2. The van der Waals surface area contributed by atoms with Gasteiger partial charge in [-0.2, -0.15) is 0 Å². The summed E-state index contributed by atoms with van der Waals surface area (Å²) >= 11 is 0. The lowest BCUT2D eigenvalue weighted by Gasteiger charge is -2.35. The highest BCUT2D eigenvalue weighted by atomic mass is 16.5. The van der Waals surface area contributed by atoms with Gasteiger partial charge in [0.05, 0.1) is 17.9 Å². The highest BCUT2D eigenvalue weighted by Crippen LogP contribution is 2.22. The Labute approximate surface area is 146 Å². The largest absolute Gasteiger partial charge is 0.486 e. The number of ether oxygens (including phenoxy) is 1. The summed E-state index contributed by atoms with van der Waals surface area (Å²) in [5.74, 6) is 0.813. The second-order valence-electron chi connectivity index (χ2n) is 6.41. The molecule has 1 aromatic carbocycles. The number of furan rings is 1. The van der Waals surface area contributed by atoms with Crippen molar-refractivity contribution in [1.82, 2.24) is 4.90 Å². The molecule has 134 valence electrons. The fourth-order valence-corrected chi connectivity index (χ4v) is 2.97. The van der Waals surface area contributed by atoms with Crippen molar-refractivity contribution in [3.8, 4) is 5.75 Å². The molecule has 0 bridgehead atoms. The Morgan fingerprint density at radius 3 is 2.76 bits per heavy atom. The Kier molecular flexibility index (Phi) is 5.40. The highest BCUT2D eigenvalue weighted by molar-refractivity contribution is 5.95. The van der Waals surface area contributed by atoms with E-state index in [-0.39, 0.29) is 31.6 Å². The number of hydrogen-bond donors (Lipinski definition) is 2. The van der Waals surface area contributed by atoms with Crippen molar-refractivity contribution in [3.05, 3.63) is 53.5 Å². The minimum atomic E-state index is -0.707. The van der Waals surface area contributed by atoms with Crippen molar-refractivity contribution >= 4 is 5.91 Å². The molecule has 1 fully saturated rings. The Hall–Kier alpha value is -2.31. The van der Waals surface area contributed by atoms with Gasteiger partial charge in [-0.15, -0.1) is 0 Å². The summed E-state index contributed by atoms with van der Waals surface area (Å²) in [5, 5.41) is 19.2. The van der Waals surface area contributed by atoms with Gasteiger partial charge in [0.1, 0.15) is 12.4 Å². The first kappa shape index (κ1) is 17.5. The molecule has 1 saturated heterocycles. The maximum atomic E-state index is 12.7. The number of rotatable bonds is 5. The van der Waals surface area contributed by atoms with Crippen LogP contribution in [0.2, 0.25) is 0 Å². The van der Waals surface area contributed by atoms with Crippen LogP contribution in [-0.2, 0) is 6.61 Å². The Bertz CT molecular complexity index is 709. The van der Waals surface area contributed by atoms with Crippen molar-refractivity contribution in [2.24, 2.45) is 5.92 Å². The first-order valence-corrected chi connectivity index (χ1v) is 8.42. The molecule has 2 atom stereocenters. The van der Waals surface area contributed by atoms with E-state index in [9.17, 15) is 15.0 Å². The lowest BCUT2D eigenvalue weighted by molar-refractivity contribution is 0.000735. The van der Waals surface area contributed by atoms with Gasteiger partial charge < -0.3 is 24.3 Å². The standard InChI is InChI=1S/C19H23NO5/c1-13-2-4-15(5-3-13)25-12-18-16(7-9-24-18)19(23)20-8-6-14(11-21)17(22)10-20/h2-5,7,9,14,17,21-22H,6,8,10-12H2,1H3/t14-,17+/m1/s1. The summed E-state index contributed by atoms with van der Waals surface area (Å²) in [4.78, 5) is 14.3. The minimum absolute atomic E-state index is 0.0649. The average Bonchev–Trinajstić information content (AvgIpc) is 3.09. The van der Waals surface area contributed by atoms with Crippen LogP contribution in [0.5, 0.6) is 5.75 Å². The van der Waals surface area contributed by atoms with Crippen LogP contribution in [0.1, 0.15) is 28.1 Å². The van der Waals surface area contributed by atoms with Crippen LogP contribution < -0.4 is 4.74 Å². The molecule has 2 N–H and O–H groups in total. The number of benzene rings is 1. The number of amides is 1. The first-order chi connectivity index (χ1) is 12.1. The van der Waals surface area contributed by atoms with E-state index >= 15 is 0 Å². The van der Waals surface area contributed by atoms with Crippen LogP contribution in [0.25, 0.3) is 0 Å². The van der Waals surface area contributed by atoms with Gasteiger partial charge in [0, 0.05) is 25.6 Å². The topological polar surface area (TPSA) is 83.1 Å².